The molecule has 8 heteroatoms. The van der Waals surface area contributed by atoms with Crippen LogP contribution in [0, 0.1) is 0 Å². The maximum absolute atomic E-state index is 6.38. The lowest BCUT2D eigenvalue weighted by atomic mass is 9.79. The zero-order chi connectivity index (χ0) is 32.3. The second-order valence-corrected chi connectivity index (χ2v) is 11.3. The standard InChI is InChI=1S/C40H28N4O4/c1-40(39-43-21-8-22-44-39)35-25-31(45-27-9-6-11-29(23-27)47-37-13-2-4-19-41-37)15-17-33(35)34-18-16-32(26-36(34)40)46-28-10-7-12-30(24-28)48-38-14-3-5-20-42-38/h2-26H,1H3. The number of hydrogen-bond donors (Lipinski definition) is 0. The minimum absolute atomic E-state index is 0.512. The molecule has 0 atom stereocenters. The Morgan fingerprint density at radius 2 is 0.833 bits per heavy atom. The van der Waals surface area contributed by atoms with Crippen molar-refractivity contribution in [3.63, 3.8) is 0 Å². The number of fused-ring (bicyclic) bond motifs is 3. The first-order valence-electron chi connectivity index (χ1n) is 15.4. The first-order chi connectivity index (χ1) is 23.6. The summed E-state index contributed by atoms with van der Waals surface area (Å²) in [5, 5.41) is 0. The molecule has 0 N–H and O–H groups in total. The lowest BCUT2D eigenvalue weighted by molar-refractivity contribution is 0.448. The molecule has 0 bridgehead atoms. The number of benzene rings is 4. The van der Waals surface area contributed by atoms with Crippen LogP contribution in [0.2, 0.25) is 0 Å². The third-order valence-electron chi connectivity index (χ3n) is 8.17. The van der Waals surface area contributed by atoms with Crippen molar-refractivity contribution in [1.82, 2.24) is 19.9 Å². The van der Waals surface area contributed by atoms with Crippen molar-refractivity contribution in [2.45, 2.75) is 12.3 Å². The van der Waals surface area contributed by atoms with Gasteiger partial charge in [0.05, 0.1) is 5.41 Å². The van der Waals surface area contributed by atoms with E-state index in [0.29, 0.717) is 52.1 Å². The van der Waals surface area contributed by atoms with Crippen LogP contribution in [0.4, 0.5) is 0 Å². The third kappa shape index (κ3) is 5.67. The second kappa shape index (κ2) is 12.3. The van der Waals surface area contributed by atoms with Crippen LogP contribution < -0.4 is 18.9 Å². The Bertz CT molecular complexity index is 2080. The van der Waals surface area contributed by atoms with Gasteiger partial charge in [-0.2, -0.15) is 0 Å². The molecular formula is C40H28N4O4. The van der Waals surface area contributed by atoms with Crippen molar-refractivity contribution in [3.8, 4) is 57.4 Å². The smallest absolute Gasteiger partial charge is 0.219 e. The largest absolute Gasteiger partial charge is 0.457 e. The zero-order valence-corrected chi connectivity index (χ0v) is 25.9. The van der Waals surface area contributed by atoms with Crippen molar-refractivity contribution in [2.24, 2.45) is 0 Å². The first-order valence-corrected chi connectivity index (χ1v) is 15.4. The van der Waals surface area contributed by atoms with E-state index in [4.69, 9.17) is 28.9 Å². The highest BCUT2D eigenvalue weighted by atomic mass is 16.5. The Labute approximate surface area is 277 Å². The summed E-state index contributed by atoms with van der Waals surface area (Å²) in [6.45, 7) is 2.14. The molecule has 0 saturated carbocycles. The van der Waals surface area contributed by atoms with Gasteiger partial charge in [-0.1, -0.05) is 36.4 Å². The van der Waals surface area contributed by atoms with Crippen molar-refractivity contribution in [2.75, 3.05) is 0 Å². The van der Waals surface area contributed by atoms with Gasteiger partial charge in [0.25, 0.3) is 0 Å². The topological polar surface area (TPSA) is 88.5 Å². The van der Waals surface area contributed by atoms with Gasteiger partial charge in [-0.25, -0.2) is 19.9 Å². The highest BCUT2D eigenvalue weighted by molar-refractivity contribution is 5.84. The average molecular weight is 629 g/mol. The number of aromatic nitrogens is 4. The maximum Gasteiger partial charge on any atom is 0.219 e. The molecule has 0 spiro atoms. The van der Waals surface area contributed by atoms with E-state index in [1.165, 1.54) is 0 Å². The van der Waals surface area contributed by atoms with E-state index in [2.05, 4.69) is 41.2 Å². The van der Waals surface area contributed by atoms with Crippen LogP contribution in [0.5, 0.6) is 46.3 Å². The molecule has 48 heavy (non-hydrogen) atoms. The van der Waals surface area contributed by atoms with E-state index >= 15 is 0 Å². The molecule has 0 radical (unpaired) electrons. The lowest BCUT2D eigenvalue weighted by Crippen LogP contribution is -2.25. The van der Waals surface area contributed by atoms with Gasteiger partial charge in [0.1, 0.15) is 40.3 Å². The van der Waals surface area contributed by atoms with Gasteiger partial charge in [0, 0.05) is 49.1 Å². The Morgan fingerprint density at radius 3 is 1.29 bits per heavy atom. The molecule has 3 heterocycles. The Kier molecular flexibility index (Phi) is 7.43. The Hall–Kier alpha value is -6.54. The molecule has 1 aliphatic rings. The van der Waals surface area contributed by atoms with Gasteiger partial charge < -0.3 is 18.9 Å². The molecule has 0 unspecified atom stereocenters. The molecule has 232 valence electrons. The zero-order valence-electron chi connectivity index (χ0n) is 25.9. The monoisotopic (exact) mass is 628 g/mol. The summed E-state index contributed by atoms with van der Waals surface area (Å²) in [6.07, 6.45) is 6.93. The first kappa shape index (κ1) is 28.9. The molecule has 1 aliphatic carbocycles. The molecule has 0 amide bonds. The molecule has 3 aromatic heterocycles. The summed E-state index contributed by atoms with van der Waals surface area (Å²) < 4.78 is 24.6. The summed E-state index contributed by atoms with van der Waals surface area (Å²) in [7, 11) is 0. The van der Waals surface area contributed by atoms with Crippen LogP contribution in [-0.2, 0) is 5.41 Å². The van der Waals surface area contributed by atoms with Gasteiger partial charge in [-0.05, 0) is 95.9 Å². The fraction of sp³-hybridized carbons (Fsp3) is 0.0500. The summed E-state index contributed by atoms with van der Waals surface area (Å²) in [5.74, 6) is 5.60. The Morgan fingerprint density at radius 1 is 0.396 bits per heavy atom. The number of nitrogens with zero attached hydrogens (tertiary/aromatic N) is 4. The summed E-state index contributed by atoms with van der Waals surface area (Å²) in [6, 6.07) is 40.2. The fourth-order valence-electron chi connectivity index (χ4n) is 5.95. The normalized spacial score (nSPS) is 12.4. The van der Waals surface area contributed by atoms with Crippen LogP contribution in [0.1, 0.15) is 23.9 Å². The number of ether oxygens (including phenoxy) is 4. The molecular weight excluding hydrogens is 600 g/mol. The van der Waals surface area contributed by atoms with Gasteiger partial charge in [0.2, 0.25) is 11.8 Å². The van der Waals surface area contributed by atoms with Crippen LogP contribution in [-0.4, -0.2) is 19.9 Å². The van der Waals surface area contributed by atoms with Crippen molar-refractivity contribution in [3.05, 3.63) is 169 Å². The van der Waals surface area contributed by atoms with Crippen molar-refractivity contribution >= 4 is 0 Å². The minimum Gasteiger partial charge on any atom is -0.457 e. The maximum atomic E-state index is 6.38. The van der Waals surface area contributed by atoms with E-state index < -0.39 is 5.41 Å². The van der Waals surface area contributed by atoms with Gasteiger partial charge >= 0.3 is 0 Å². The van der Waals surface area contributed by atoms with Crippen molar-refractivity contribution < 1.29 is 18.9 Å². The molecule has 0 aliphatic heterocycles. The molecule has 0 fully saturated rings. The molecule has 0 saturated heterocycles. The average Bonchev–Trinajstić information content (AvgIpc) is 3.37. The quantitative estimate of drug-likeness (QED) is 0.156. The molecule has 8 nitrogen and oxygen atoms in total. The van der Waals surface area contributed by atoms with Crippen LogP contribution in [0.25, 0.3) is 11.1 Å². The van der Waals surface area contributed by atoms with E-state index in [9.17, 15) is 0 Å². The van der Waals surface area contributed by atoms with Gasteiger partial charge in [-0.15, -0.1) is 0 Å². The minimum atomic E-state index is -0.682. The number of pyridine rings is 2. The van der Waals surface area contributed by atoms with E-state index in [-0.39, 0.29) is 0 Å². The summed E-state index contributed by atoms with van der Waals surface area (Å²) in [5.41, 5.74) is 3.54. The number of hydrogen-bond acceptors (Lipinski definition) is 8. The molecule has 8 rings (SSSR count). The Balaban J connectivity index is 1.11. The van der Waals surface area contributed by atoms with Crippen LogP contribution in [0.3, 0.4) is 0 Å². The molecule has 7 aromatic rings. The second-order valence-electron chi connectivity index (χ2n) is 11.3. The summed E-state index contributed by atoms with van der Waals surface area (Å²) >= 11 is 0. The van der Waals surface area contributed by atoms with Crippen LogP contribution >= 0.6 is 0 Å². The fourth-order valence-corrected chi connectivity index (χ4v) is 5.95. The van der Waals surface area contributed by atoms with E-state index in [1.807, 2.05) is 103 Å². The highest BCUT2D eigenvalue weighted by Crippen LogP contribution is 2.53. The lowest BCUT2D eigenvalue weighted by Gasteiger charge is -2.26. The highest BCUT2D eigenvalue weighted by Gasteiger charge is 2.43. The van der Waals surface area contributed by atoms with Crippen molar-refractivity contribution in [1.29, 1.82) is 0 Å². The predicted octanol–water partition coefficient (Wildman–Crippen LogP) is 9.77. The van der Waals surface area contributed by atoms with Gasteiger partial charge in [0.15, 0.2) is 0 Å². The predicted molar refractivity (Wildman–Crippen MR) is 181 cm³/mol. The van der Waals surface area contributed by atoms with E-state index in [1.54, 1.807) is 24.8 Å². The SMILES string of the molecule is CC1(c2ncccn2)c2cc(Oc3cccc(Oc4ccccn4)c3)ccc2-c2ccc(Oc3cccc(Oc4ccccn4)c3)cc21. The number of rotatable bonds is 9. The van der Waals surface area contributed by atoms with Gasteiger partial charge in [-0.3, -0.25) is 0 Å². The summed E-state index contributed by atoms with van der Waals surface area (Å²) in [4.78, 5) is 17.9. The third-order valence-corrected chi connectivity index (χ3v) is 8.17. The molecule has 4 aromatic carbocycles. The van der Waals surface area contributed by atoms with Crippen LogP contribution in [0.15, 0.2) is 152 Å². The van der Waals surface area contributed by atoms with E-state index in [0.717, 1.165) is 22.3 Å².